The molecule has 3 rings (SSSR count). The molecule has 0 heterocycles. The Bertz CT molecular complexity index is 766. The van der Waals surface area contributed by atoms with Crippen LogP contribution in [0, 0.1) is 5.92 Å². The first-order chi connectivity index (χ1) is 12.8. The Kier molecular flexibility index (Phi) is 5.54. The fraction of sp³-hybridized carbons (Fsp3) is 0.375. The van der Waals surface area contributed by atoms with Gasteiger partial charge in [0.1, 0.15) is 5.78 Å². The Hall–Kier alpha value is -1.97. The normalized spacial score (nSPS) is 21.3. The lowest BCUT2D eigenvalue weighted by Gasteiger charge is -2.46. The zero-order chi connectivity index (χ0) is 19.7. The highest BCUT2D eigenvalue weighted by Gasteiger charge is 2.52. The van der Waals surface area contributed by atoms with E-state index in [0.717, 1.165) is 12.0 Å². The van der Waals surface area contributed by atoms with Crippen LogP contribution < -0.4 is 10.4 Å². The Balaban J connectivity index is 2.15. The third-order valence-corrected chi connectivity index (χ3v) is 10.7. The van der Waals surface area contributed by atoms with E-state index in [1.807, 2.05) is 19.1 Å². The zero-order valence-electron chi connectivity index (χ0n) is 16.9. The van der Waals surface area contributed by atoms with Crippen molar-refractivity contribution in [3.8, 4) is 0 Å². The van der Waals surface area contributed by atoms with Crippen molar-refractivity contribution in [2.75, 3.05) is 0 Å². The van der Waals surface area contributed by atoms with Gasteiger partial charge in [-0.25, -0.2) is 0 Å². The van der Waals surface area contributed by atoms with Gasteiger partial charge in [0.2, 0.25) is 0 Å². The smallest absolute Gasteiger partial charge is 0.261 e. The van der Waals surface area contributed by atoms with Gasteiger partial charge in [-0.1, -0.05) is 94.9 Å². The van der Waals surface area contributed by atoms with E-state index in [4.69, 9.17) is 4.43 Å². The van der Waals surface area contributed by atoms with E-state index in [9.17, 15) is 4.79 Å². The minimum atomic E-state index is -2.64. The summed E-state index contributed by atoms with van der Waals surface area (Å²) in [5.41, 5.74) is 1.05. The van der Waals surface area contributed by atoms with E-state index in [2.05, 4.69) is 75.9 Å². The van der Waals surface area contributed by atoms with Crippen LogP contribution in [-0.4, -0.2) is 20.2 Å². The van der Waals surface area contributed by atoms with Gasteiger partial charge < -0.3 is 4.43 Å². The van der Waals surface area contributed by atoms with Crippen LogP contribution in [0.15, 0.2) is 72.8 Å². The second-order valence-corrected chi connectivity index (χ2v) is 13.0. The molecule has 142 valence electrons. The van der Waals surface area contributed by atoms with Crippen molar-refractivity contribution in [3.63, 3.8) is 0 Å². The van der Waals surface area contributed by atoms with Crippen molar-refractivity contribution in [3.05, 3.63) is 72.8 Å². The molecule has 0 N–H and O–H groups in total. The Morgan fingerprint density at radius 3 is 1.85 bits per heavy atom. The summed E-state index contributed by atoms with van der Waals surface area (Å²) in [4.78, 5) is 12.5. The summed E-state index contributed by atoms with van der Waals surface area (Å²) in [5, 5.41) is 2.38. The van der Waals surface area contributed by atoms with Crippen molar-refractivity contribution >= 4 is 24.5 Å². The van der Waals surface area contributed by atoms with Crippen LogP contribution in [-0.2, 0) is 9.22 Å². The van der Waals surface area contributed by atoms with E-state index >= 15 is 0 Å². The van der Waals surface area contributed by atoms with Crippen LogP contribution in [0.25, 0.3) is 0 Å². The number of benzene rings is 2. The highest BCUT2D eigenvalue weighted by atomic mass is 28.4. The quantitative estimate of drug-likeness (QED) is 0.579. The fourth-order valence-corrected chi connectivity index (χ4v) is 8.89. The topological polar surface area (TPSA) is 26.3 Å². The van der Waals surface area contributed by atoms with Crippen molar-refractivity contribution in [2.24, 2.45) is 5.92 Å². The van der Waals surface area contributed by atoms with E-state index in [0.29, 0.717) is 6.42 Å². The molecule has 27 heavy (non-hydrogen) atoms. The van der Waals surface area contributed by atoms with Crippen LogP contribution in [0.1, 0.15) is 40.5 Å². The van der Waals surface area contributed by atoms with E-state index in [1.165, 1.54) is 10.4 Å². The molecule has 0 bridgehead atoms. The van der Waals surface area contributed by atoms with Gasteiger partial charge >= 0.3 is 0 Å². The molecule has 0 saturated heterocycles. The number of hydrogen-bond donors (Lipinski definition) is 0. The van der Waals surface area contributed by atoms with Gasteiger partial charge in [0.15, 0.2) is 0 Å². The zero-order valence-corrected chi connectivity index (χ0v) is 17.9. The number of rotatable bonds is 4. The predicted molar refractivity (Wildman–Crippen MR) is 115 cm³/mol. The van der Waals surface area contributed by atoms with Crippen LogP contribution in [0.2, 0.25) is 5.04 Å². The summed E-state index contributed by atoms with van der Waals surface area (Å²) in [5.74, 6) is 0.335. The molecule has 1 fully saturated rings. The van der Waals surface area contributed by atoms with E-state index in [-0.39, 0.29) is 22.8 Å². The maximum absolute atomic E-state index is 12.5. The number of ketones is 1. The molecule has 1 aliphatic carbocycles. The molecule has 2 atom stereocenters. The average molecular weight is 379 g/mol. The van der Waals surface area contributed by atoms with Gasteiger partial charge in [-0.05, 0) is 27.4 Å². The highest BCUT2D eigenvalue weighted by molar-refractivity contribution is 6.99. The number of hydrogen-bond acceptors (Lipinski definition) is 2. The Morgan fingerprint density at radius 2 is 1.41 bits per heavy atom. The molecule has 2 aromatic rings. The average Bonchev–Trinajstić information content (AvgIpc) is 2.64. The molecular weight excluding hydrogens is 348 g/mol. The van der Waals surface area contributed by atoms with Crippen LogP contribution in [0.3, 0.4) is 0 Å². The molecule has 1 saturated carbocycles. The van der Waals surface area contributed by atoms with Gasteiger partial charge in [0, 0.05) is 12.3 Å². The molecule has 0 aromatic heterocycles. The maximum Gasteiger partial charge on any atom is 0.261 e. The lowest BCUT2D eigenvalue weighted by molar-refractivity contribution is -0.125. The fourth-order valence-electron chi connectivity index (χ4n) is 4.20. The third kappa shape index (κ3) is 3.71. The van der Waals surface area contributed by atoms with Crippen LogP contribution in [0.4, 0.5) is 0 Å². The molecule has 2 nitrogen and oxygen atoms in total. The molecule has 3 heteroatoms. The van der Waals surface area contributed by atoms with Gasteiger partial charge in [0.25, 0.3) is 8.32 Å². The molecule has 2 aromatic carbocycles. The number of carbonyl (C=O) groups excluding carboxylic acids is 1. The molecule has 0 unspecified atom stereocenters. The first-order valence-electron chi connectivity index (χ1n) is 9.75. The third-order valence-electron chi connectivity index (χ3n) is 5.70. The standard InChI is InChI=1S/C24H30O2Si/c1-18-16-19(2)23(17-22(18)25)26-27(24(3,4)5,20-12-8-6-9-13-20)21-14-10-7-11-15-21/h6-15,18,23H,2,16-17H2,1,3-5H3/t18-,23-/m1/s1. The van der Waals surface area contributed by atoms with Crippen LogP contribution >= 0.6 is 0 Å². The lowest BCUT2D eigenvalue weighted by atomic mass is 9.84. The number of carbonyl (C=O) groups is 1. The molecular formula is C24H30O2Si. The minimum absolute atomic E-state index is 0.0523. The second kappa shape index (κ2) is 7.57. The summed E-state index contributed by atoms with van der Waals surface area (Å²) >= 11 is 0. The van der Waals surface area contributed by atoms with Crippen molar-refractivity contribution in [1.82, 2.24) is 0 Å². The Labute approximate surface area is 164 Å². The highest BCUT2D eigenvalue weighted by Crippen LogP contribution is 2.40. The molecule has 0 radical (unpaired) electrons. The first kappa shape index (κ1) is 19.8. The summed E-state index contributed by atoms with van der Waals surface area (Å²) in [6, 6.07) is 21.1. The lowest BCUT2D eigenvalue weighted by Crippen LogP contribution is -2.68. The van der Waals surface area contributed by atoms with E-state index < -0.39 is 8.32 Å². The predicted octanol–water partition coefficient (Wildman–Crippen LogP) is 4.49. The van der Waals surface area contributed by atoms with Crippen molar-refractivity contribution < 1.29 is 9.22 Å². The summed E-state index contributed by atoms with van der Waals surface area (Å²) in [7, 11) is -2.64. The van der Waals surface area contributed by atoms with Crippen molar-refractivity contribution in [1.29, 1.82) is 0 Å². The molecule has 0 aliphatic heterocycles. The van der Waals surface area contributed by atoms with Crippen molar-refractivity contribution in [2.45, 2.75) is 51.7 Å². The van der Waals surface area contributed by atoms with Gasteiger partial charge in [-0.2, -0.15) is 0 Å². The monoisotopic (exact) mass is 378 g/mol. The van der Waals surface area contributed by atoms with Crippen LogP contribution in [0.5, 0.6) is 0 Å². The molecule has 0 spiro atoms. The summed E-state index contributed by atoms with van der Waals surface area (Å²) < 4.78 is 7.07. The maximum atomic E-state index is 12.5. The Morgan fingerprint density at radius 1 is 0.926 bits per heavy atom. The molecule has 1 aliphatic rings. The van der Waals surface area contributed by atoms with E-state index in [1.54, 1.807) is 0 Å². The van der Waals surface area contributed by atoms with Gasteiger partial charge in [0.05, 0.1) is 6.10 Å². The first-order valence-corrected chi connectivity index (χ1v) is 11.7. The summed E-state index contributed by atoms with van der Waals surface area (Å²) in [6.45, 7) is 13.0. The number of Topliss-reactive ketones (excluding diaryl/α,β-unsaturated/α-hetero) is 1. The van der Waals surface area contributed by atoms with Gasteiger partial charge in [-0.15, -0.1) is 0 Å². The SMILES string of the molecule is C=C1C[C@@H](C)C(=O)C[C@H]1O[Si](c1ccccc1)(c1ccccc1)C(C)(C)C. The van der Waals surface area contributed by atoms with Gasteiger partial charge in [-0.3, -0.25) is 4.79 Å². The molecule has 0 amide bonds. The second-order valence-electron chi connectivity index (χ2n) is 8.70. The minimum Gasteiger partial charge on any atom is -0.400 e. The largest absolute Gasteiger partial charge is 0.400 e. The summed E-state index contributed by atoms with van der Waals surface area (Å²) in [6.07, 6.45) is 0.951.